The maximum Gasteiger partial charge on any atom is 0.149 e. The summed E-state index contributed by atoms with van der Waals surface area (Å²) in [5.41, 5.74) is 4.64. The Labute approximate surface area is 523 Å². The van der Waals surface area contributed by atoms with E-state index in [-0.39, 0.29) is 70.8 Å². The number of nitrogens with one attached hydrogen (secondary N) is 2. The summed E-state index contributed by atoms with van der Waals surface area (Å²) in [7, 11) is 1.73. The van der Waals surface area contributed by atoms with E-state index in [1.165, 1.54) is 77.0 Å². The minimum Gasteiger partial charge on any atom is -0.508 e. The average Bonchev–Trinajstić information content (AvgIpc) is 1.56. The van der Waals surface area contributed by atoms with Crippen molar-refractivity contribution >= 4 is 10.8 Å². The zero-order valence-electron chi connectivity index (χ0n) is 51.5. The molecule has 468 valence electrons. The maximum absolute atomic E-state index is 13.8. The number of phenols is 3. The molecule has 4 heterocycles. The third-order valence-corrected chi connectivity index (χ3v) is 25.9. The number of aromatic hydroxyl groups is 3. The van der Waals surface area contributed by atoms with Gasteiger partial charge in [-0.25, -0.2) is 0 Å². The highest BCUT2D eigenvalue weighted by Crippen LogP contribution is 2.80. The Morgan fingerprint density at radius 2 is 1.61 bits per heavy atom. The predicted molar refractivity (Wildman–Crippen MR) is 338 cm³/mol. The topological polar surface area (TPSA) is 181 Å². The molecule has 16 atom stereocenters. The number of methoxy groups -OCH3 is 1. The second-order valence-corrected chi connectivity index (χ2v) is 29.9. The number of benzene rings is 5. The lowest BCUT2D eigenvalue weighted by atomic mass is 9.54. The quantitative estimate of drug-likeness (QED) is 0.0399. The number of phenolic OH excluding ortho intramolecular Hbond substituents is 3. The second kappa shape index (κ2) is 21.6. The molecule has 18 rings (SSSR count). The Hall–Kier alpha value is -5.98. The zero-order valence-corrected chi connectivity index (χ0v) is 51.5. The van der Waals surface area contributed by atoms with E-state index in [1.54, 1.807) is 43.5 Å². The van der Waals surface area contributed by atoms with Crippen LogP contribution < -0.4 is 29.6 Å². The molecule has 1 saturated heterocycles. The molecule has 89 heavy (non-hydrogen) atoms. The molecule has 5 aromatic rings. The van der Waals surface area contributed by atoms with Gasteiger partial charge in [0.15, 0.2) is 0 Å². The van der Waals surface area contributed by atoms with Gasteiger partial charge in [0.2, 0.25) is 0 Å². The van der Waals surface area contributed by atoms with Crippen molar-refractivity contribution in [2.75, 3.05) is 33.5 Å². The van der Waals surface area contributed by atoms with Crippen molar-refractivity contribution in [3.8, 4) is 63.2 Å². The Morgan fingerprint density at radius 3 is 2.46 bits per heavy atom. The van der Waals surface area contributed by atoms with Crippen LogP contribution in [-0.2, 0) is 15.9 Å². The van der Waals surface area contributed by atoms with Crippen LogP contribution in [0.15, 0.2) is 91.0 Å². The summed E-state index contributed by atoms with van der Waals surface area (Å²) in [6.45, 7) is 1.45. The molecule has 9 aliphatic carbocycles. The molecule has 6 bridgehead atoms. The van der Waals surface area contributed by atoms with Gasteiger partial charge in [0, 0.05) is 77.8 Å². The van der Waals surface area contributed by atoms with Gasteiger partial charge in [-0.1, -0.05) is 61.5 Å². The molecule has 0 radical (unpaired) electrons. The summed E-state index contributed by atoms with van der Waals surface area (Å²) in [6, 6.07) is 24.0. The SMILES string of the molecule is COCCC[C@@H]1Oc2c3cc(c4cc(O)ccc24)OCC#C[C@@H]2CN[C@@]4(CC5(CCCC5)[C@@]56CC[C@]7(CCC[C@@H]7CC[C@@H]45)C6)N[C@@]24[C@@H]2C=C[C@@H]([C@@H](O)C2)[C@@H]4O[C@@H]3[C@@H]1[C@H]1COc2c(Cc3cc(O)ccc3-c3cccc(O)c3)cc(OC3CCCC3)cc2[C@H]1O. The van der Waals surface area contributed by atoms with Gasteiger partial charge in [-0.05, 0) is 215 Å². The summed E-state index contributed by atoms with van der Waals surface area (Å²) in [5.74, 6) is 9.78. The van der Waals surface area contributed by atoms with Crippen molar-refractivity contribution in [3.05, 3.63) is 113 Å². The van der Waals surface area contributed by atoms with Crippen LogP contribution >= 0.6 is 0 Å². The van der Waals surface area contributed by atoms with Crippen molar-refractivity contribution in [1.29, 1.82) is 0 Å². The first kappa shape index (κ1) is 57.0. The fourth-order valence-corrected chi connectivity index (χ4v) is 22.3. The van der Waals surface area contributed by atoms with Crippen molar-refractivity contribution < 1.29 is 54.0 Å². The molecular weight excluding hydrogens is 1120 g/mol. The summed E-state index contributed by atoms with van der Waals surface area (Å²) in [5, 5.41) is 70.1. The predicted octanol–water partition coefficient (Wildman–Crippen LogP) is 13.0. The molecule has 13 heteroatoms. The minimum absolute atomic E-state index is 0.0300. The van der Waals surface area contributed by atoms with E-state index in [1.807, 2.05) is 30.3 Å². The standard InChI is InChI=1S/C76H88N2O11/c1-84-30-9-16-63-66(61-41-86-68-46(35-54(38-59(68)67(61)83)87-53-14-2-3-15-53)32-45-34-51(80)19-22-55(45)44-10-6-13-50(79)33-44)70-60-39-64(58-37-52(81)20-23-56(58)69(60)88-63)85-31-8-12-49-40-77-75(78-76(49)48-17-21-57(62(82)36-48)71(76)89-70)43-73(26-4-5-27-73)74-29-28-72(42-74)25-7-11-47(72)18-24-65(74)75/h6,10,13,17,19-23,33-35,37-39,47-49,53,57,61-63,65-67,70-71,77-83H,2-5,7,9,11,14-16,18,24-32,36,40-43H2,1H3/t47-,48-,49-,57+,61-,62+,63+,65-,66-,67-,70+,71+,72-,74-,75+,76+/m1/s1. The molecule has 13 aliphatic rings. The number of hydrogen-bond donors (Lipinski definition) is 7. The van der Waals surface area contributed by atoms with Crippen LogP contribution in [0.25, 0.3) is 21.9 Å². The number of fused-ring (bicyclic) bond motifs is 7. The van der Waals surface area contributed by atoms with Crippen molar-refractivity contribution in [1.82, 2.24) is 10.6 Å². The van der Waals surface area contributed by atoms with Gasteiger partial charge < -0.3 is 54.0 Å². The molecule has 0 unspecified atom stereocenters. The highest BCUT2D eigenvalue weighted by molar-refractivity contribution is 5.96. The highest BCUT2D eigenvalue weighted by Gasteiger charge is 2.77. The lowest BCUT2D eigenvalue weighted by Gasteiger charge is -2.65. The number of hydrogen-bond acceptors (Lipinski definition) is 13. The molecule has 5 spiro atoms. The first-order valence-electron chi connectivity index (χ1n) is 34.3. The number of rotatable bonds is 10. The molecule has 0 amide bonds. The van der Waals surface area contributed by atoms with Gasteiger partial charge in [-0.3, -0.25) is 10.6 Å². The van der Waals surface area contributed by atoms with Gasteiger partial charge in [-0.2, -0.15) is 0 Å². The average molecular weight is 1210 g/mol. The van der Waals surface area contributed by atoms with Gasteiger partial charge in [0.05, 0.1) is 54.2 Å². The first-order valence-corrected chi connectivity index (χ1v) is 34.3. The summed E-state index contributed by atoms with van der Waals surface area (Å²) < 4.78 is 42.9. The van der Waals surface area contributed by atoms with E-state index in [2.05, 4.69) is 41.4 Å². The van der Waals surface area contributed by atoms with E-state index in [4.69, 9.17) is 33.7 Å². The van der Waals surface area contributed by atoms with Crippen LogP contribution in [0.1, 0.15) is 163 Å². The van der Waals surface area contributed by atoms with Crippen molar-refractivity contribution in [2.24, 2.45) is 57.7 Å². The molecule has 4 aliphatic heterocycles. The van der Waals surface area contributed by atoms with Gasteiger partial charge in [0.1, 0.15) is 53.0 Å². The van der Waals surface area contributed by atoms with Crippen LogP contribution in [0.5, 0.6) is 40.2 Å². The van der Waals surface area contributed by atoms with Crippen LogP contribution in [0.2, 0.25) is 0 Å². The fraction of sp³-hybridized carbons (Fsp3) is 0.579. The summed E-state index contributed by atoms with van der Waals surface area (Å²) in [4.78, 5) is 0. The molecular formula is C76H88N2O11. The van der Waals surface area contributed by atoms with Crippen LogP contribution in [0, 0.1) is 69.5 Å². The Balaban J connectivity index is 0.822. The number of aliphatic hydroxyl groups excluding tert-OH is 2. The highest BCUT2D eigenvalue weighted by atomic mass is 16.5. The molecule has 7 saturated carbocycles. The van der Waals surface area contributed by atoms with Crippen LogP contribution in [0.4, 0.5) is 0 Å². The first-order chi connectivity index (χ1) is 43.4. The van der Waals surface area contributed by atoms with Crippen molar-refractivity contribution in [2.45, 2.75) is 183 Å². The minimum atomic E-state index is -1.08. The normalized spacial score (nSPS) is 37.6. The Morgan fingerprint density at radius 1 is 0.753 bits per heavy atom. The molecule has 13 nitrogen and oxygen atoms in total. The number of aliphatic hydroxyl groups is 2. The van der Waals surface area contributed by atoms with Gasteiger partial charge in [-0.15, -0.1) is 0 Å². The van der Waals surface area contributed by atoms with Gasteiger partial charge >= 0.3 is 0 Å². The molecule has 8 fully saturated rings. The van der Waals surface area contributed by atoms with Gasteiger partial charge in [0.25, 0.3) is 0 Å². The van der Waals surface area contributed by atoms with Crippen molar-refractivity contribution in [3.63, 3.8) is 0 Å². The molecule has 0 aromatic heterocycles. The monoisotopic (exact) mass is 1200 g/mol. The second-order valence-electron chi connectivity index (χ2n) is 29.9. The molecule has 7 N–H and O–H groups in total. The Kier molecular flexibility index (Phi) is 13.8. The maximum atomic E-state index is 13.8. The van der Waals surface area contributed by atoms with Crippen LogP contribution in [0.3, 0.4) is 0 Å². The fourth-order valence-electron chi connectivity index (χ4n) is 22.3. The summed E-state index contributed by atoms with van der Waals surface area (Å²) in [6.07, 6.45) is 24.5. The summed E-state index contributed by atoms with van der Waals surface area (Å²) >= 11 is 0. The van der Waals surface area contributed by atoms with E-state index in [0.29, 0.717) is 84.1 Å². The smallest absolute Gasteiger partial charge is 0.149 e. The van der Waals surface area contributed by atoms with Crippen LogP contribution in [-0.4, -0.2) is 94.6 Å². The third kappa shape index (κ3) is 8.82. The van der Waals surface area contributed by atoms with E-state index < -0.39 is 47.9 Å². The van der Waals surface area contributed by atoms with E-state index in [9.17, 15) is 25.5 Å². The third-order valence-electron chi connectivity index (χ3n) is 25.9. The lowest BCUT2D eigenvalue weighted by molar-refractivity contribution is -0.211. The lowest BCUT2D eigenvalue weighted by Crippen LogP contribution is -2.83. The Bertz CT molecular complexity index is 3690. The molecule has 5 aromatic carbocycles. The number of ether oxygens (including phenoxy) is 6. The zero-order chi connectivity index (χ0) is 60.0. The largest absolute Gasteiger partial charge is 0.508 e. The van der Waals surface area contributed by atoms with E-state index >= 15 is 0 Å². The van der Waals surface area contributed by atoms with E-state index in [0.717, 1.165) is 71.2 Å².